The maximum Gasteiger partial charge on any atom is 0.332 e. The number of ether oxygens (including phenoxy) is 1. The minimum atomic E-state index is -0.422. The first kappa shape index (κ1) is 17.8. The summed E-state index contributed by atoms with van der Waals surface area (Å²) >= 11 is 0. The number of aromatic amines is 1. The second kappa shape index (κ2) is 7.69. The fraction of sp³-hybridized carbons (Fsp3) is 0.571. The first-order valence-electron chi connectivity index (χ1n) is 6.96. The van der Waals surface area contributed by atoms with Crippen molar-refractivity contribution in [3.05, 3.63) is 26.7 Å². The highest BCUT2D eigenvalue weighted by atomic mass is 16.5. The van der Waals surface area contributed by atoms with Crippen molar-refractivity contribution in [2.75, 3.05) is 13.7 Å². The van der Waals surface area contributed by atoms with Crippen molar-refractivity contribution in [2.45, 2.75) is 20.3 Å². The van der Waals surface area contributed by atoms with E-state index in [1.54, 1.807) is 21.1 Å². The molecule has 0 fully saturated rings. The number of hydrogen-bond acceptors (Lipinski definition) is 5. The van der Waals surface area contributed by atoms with E-state index < -0.39 is 11.2 Å². The molecule has 22 heavy (non-hydrogen) atoms. The van der Waals surface area contributed by atoms with Gasteiger partial charge in [0.15, 0.2) is 5.65 Å². The number of hydrogen-bond donors (Lipinski definition) is 1. The summed E-state index contributed by atoms with van der Waals surface area (Å²) in [6.07, 6.45) is 1.24. The number of aromatic nitrogens is 4. The molecule has 0 aliphatic heterocycles. The molecule has 0 aliphatic carbocycles. The Hall–Kier alpha value is -2.22. The minimum Gasteiger partial charge on any atom is -0.385 e. The van der Waals surface area contributed by atoms with Gasteiger partial charge in [-0.1, -0.05) is 6.92 Å². The normalized spacial score (nSPS) is 11.9. The number of rotatable bonds is 4. The zero-order valence-electron chi connectivity index (χ0n) is 13.5. The number of fused-ring (bicyclic) bond motifs is 1. The predicted octanol–water partition coefficient (Wildman–Crippen LogP) is -0.00950. The van der Waals surface area contributed by atoms with Crippen LogP contribution in [-0.2, 0) is 30.0 Å². The Kier molecular flexibility index (Phi) is 6.24. The Morgan fingerprint density at radius 3 is 2.41 bits per heavy atom. The number of nitrogens with one attached hydrogen (secondary N) is 1. The first-order chi connectivity index (χ1) is 10.4. The van der Waals surface area contributed by atoms with E-state index in [0.717, 1.165) is 17.5 Å². The van der Waals surface area contributed by atoms with Crippen LogP contribution in [0.2, 0.25) is 0 Å². The molecule has 0 bridgehead atoms. The Bertz CT molecular complexity index is 755. The molecular weight excluding hydrogens is 288 g/mol. The molecule has 0 aromatic carbocycles. The molecule has 1 unspecified atom stereocenters. The molecule has 2 aromatic heterocycles. The lowest BCUT2D eigenvalue weighted by molar-refractivity contribution is -0.110. The molecule has 1 N–H and O–H groups in total. The molecule has 0 radical (unpaired) electrons. The molecule has 2 aromatic rings. The van der Waals surface area contributed by atoms with Crippen LogP contribution in [0.1, 0.15) is 19.7 Å². The van der Waals surface area contributed by atoms with Crippen molar-refractivity contribution in [1.29, 1.82) is 0 Å². The maximum atomic E-state index is 11.9. The van der Waals surface area contributed by atoms with Gasteiger partial charge in [-0.2, -0.15) is 0 Å². The summed E-state index contributed by atoms with van der Waals surface area (Å²) in [6.45, 7) is 4.54. The Morgan fingerprint density at radius 2 is 1.91 bits per heavy atom. The molecule has 0 aliphatic rings. The zero-order valence-corrected chi connectivity index (χ0v) is 13.5. The summed E-state index contributed by atoms with van der Waals surface area (Å²) in [6, 6.07) is 0. The molecule has 0 spiro atoms. The van der Waals surface area contributed by atoms with Gasteiger partial charge in [-0.3, -0.25) is 13.9 Å². The molecule has 0 amide bonds. The van der Waals surface area contributed by atoms with E-state index in [4.69, 9.17) is 0 Å². The third-order valence-corrected chi connectivity index (χ3v) is 3.18. The molecule has 2 heterocycles. The number of H-pyrrole nitrogens is 1. The van der Waals surface area contributed by atoms with E-state index in [9.17, 15) is 14.4 Å². The van der Waals surface area contributed by atoms with Crippen LogP contribution in [0.3, 0.4) is 0 Å². The number of aldehydes is 1. The lowest BCUT2D eigenvalue weighted by atomic mass is 10.1. The lowest BCUT2D eigenvalue weighted by Gasteiger charge is -2.00. The summed E-state index contributed by atoms with van der Waals surface area (Å²) in [5.74, 6) is 0.342. The molecule has 0 saturated carbocycles. The van der Waals surface area contributed by atoms with E-state index in [2.05, 4.69) is 14.7 Å². The summed E-state index contributed by atoms with van der Waals surface area (Å²) in [5, 5.41) is 0. The van der Waals surface area contributed by atoms with Crippen LogP contribution in [-0.4, -0.2) is 39.1 Å². The highest BCUT2D eigenvalue weighted by molar-refractivity contribution is 5.69. The fourth-order valence-corrected chi connectivity index (χ4v) is 1.82. The van der Waals surface area contributed by atoms with Crippen LogP contribution in [0.4, 0.5) is 0 Å². The number of imidazole rings is 1. The average molecular weight is 310 g/mol. The zero-order chi connectivity index (χ0) is 16.9. The van der Waals surface area contributed by atoms with Gasteiger partial charge in [0.05, 0.1) is 0 Å². The van der Waals surface area contributed by atoms with Gasteiger partial charge in [-0.05, 0) is 6.92 Å². The maximum absolute atomic E-state index is 11.9. The topological polar surface area (TPSA) is 99.0 Å². The van der Waals surface area contributed by atoms with Crippen LogP contribution >= 0.6 is 0 Å². The fourth-order valence-electron chi connectivity index (χ4n) is 1.82. The molecule has 1 atom stereocenters. The van der Waals surface area contributed by atoms with Crippen LogP contribution in [0.5, 0.6) is 0 Å². The van der Waals surface area contributed by atoms with Gasteiger partial charge < -0.3 is 14.5 Å². The predicted molar refractivity (Wildman–Crippen MR) is 83.1 cm³/mol. The third kappa shape index (κ3) is 3.70. The van der Waals surface area contributed by atoms with Crippen molar-refractivity contribution in [3.63, 3.8) is 0 Å². The van der Waals surface area contributed by atoms with Crippen LogP contribution in [0, 0.1) is 5.92 Å². The minimum absolute atomic E-state index is 0.188. The molecule has 8 heteroatoms. The molecule has 8 nitrogen and oxygen atoms in total. The summed E-state index contributed by atoms with van der Waals surface area (Å²) in [5.41, 5.74) is -0.233. The SMILES string of the molecule is CC(C=O)Cc1nc2c([nH]1)c(=O)n(C)c(=O)n2C.CCOC. The van der Waals surface area contributed by atoms with Gasteiger partial charge >= 0.3 is 5.69 Å². The van der Waals surface area contributed by atoms with Crippen molar-refractivity contribution in [1.82, 2.24) is 19.1 Å². The molecular formula is C14H22N4O4. The number of carbonyl (C=O) groups excluding carboxylic acids is 1. The summed E-state index contributed by atoms with van der Waals surface area (Å²) in [4.78, 5) is 41.3. The van der Waals surface area contributed by atoms with Crippen LogP contribution in [0.25, 0.3) is 11.2 Å². The number of nitrogens with zero attached hydrogens (tertiary/aromatic N) is 3. The van der Waals surface area contributed by atoms with Gasteiger partial charge in [0, 0.05) is 40.2 Å². The van der Waals surface area contributed by atoms with Crippen molar-refractivity contribution in [3.8, 4) is 0 Å². The van der Waals surface area contributed by atoms with Gasteiger partial charge in [0.2, 0.25) is 0 Å². The summed E-state index contributed by atoms with van der Waals surface area (Å²) < 4.78 is 6.87. The second-order valence-electron chi connectivity index (χ2n) is 4.98. The highest BCUT2D eigenvalue weighted by Gasteiger charge is 2.14. The number of carbonyl (C=O) groups is 1. The highest BCUT2D eigenvalue weighted by Crippen LogP contribution is 2.07. The van der Waals surface area contributed by atoms with Gasteiger partial charge in [0.1, 0.15) is 17.6 Å². The standard InChI is InChI=1S/C11H14N4O3.C3H8O/c1-6(5-16)4-7-12-8-9(13-7)14(2)11(18)15(3)10(8)17;1-3-4-2/h5-6H,4H2,1-3H3,(H,12,13);3H2,1-2H3. The summed E-state index contributed by atoms with van der Waals surface area (Å²) in [7, 11) is 4.65. The molecule has 2 rings (SSSR count). The monoisotopic (exact) mass is 310 g/mol. The molecule has 0 saturated heterocycles. The Morgan fingerprint density at radius 1 is 1.32 bits per heavy atom. The Labute approximate surface area is 127 Å². The van der Waals surface area contributed by atoms with E-state index in [1.165, 1.54) is 11.6 Å². The van der Waals surface area contributed by atoms with Gasteiger partial charge in [-0.25, -0.2) is 9.78 Å². The first-order valence-corrected chi connectivity index (χ1v) is 6.96. The van der Waals surface area contributed by atoms with Crippen molar-refractivity contribution >= 4 is 17.5 Å². The third-order valence-electron chi connectivity index (χ3n) is 3.18. The van der Waals surface area contributed by atoms with E-state index in [-0.39, 0.29) is 11.4 Å². The smallest absolute Gasteiger partial charge is 0.332 e. The van der Waals surface area contributed by atoms with Crippen LogP contribution < -0.4 is 11.2 Å². The number of aryl methyl sites for hydroxylation is 1. The van der Waals surface area contributed by atoms with E-state index in [0.29, 0.717) is 17.9 Å². The lowest BCUT2D eigenvalue weighted by Crippen LogP contribution is -2.36. The molecule has 122 valence electrons. The average Bonchev–Trinajstić information content (AvgIpc) is 2.94. The quantitative estimate of drug-likeness (QED) is 0.801. The largest absolute Gasteiger partial charge is 0.385 e. The second-order valence-corrected chi connectivity index (χ2v) is 4.98. The van der Waals surface area contributed by atoms with Crippen LogP contribution in [0.15, 0.2) is 9.59 Å². The van der Waals surface area contributed by atoms with E-state index in [1.807, 2.05) is 6.92 Å². The Balaban J connectivity index is 0.000000541. The van der Waals surface area contributed by atoms with Gasteiger partial charge in [-0.15, -0.1) is 0 Å². The van der Waals surface area contributed by atoms with Gasteiger partial charge in [0.25, 0.3) is 5.56 Å². The van der Waals surface area contributed by atoms with E-state index >= 15 is 0 Å². The number of methoxy groups -OCH3 is 1. The van der Waals surface area contributed by atoms with Crippen molar-refractivity contribution < 1.29 is 9.53 Å². The van der Waals surface area contributed by atoms with Crippen molar-refractivity contribution in [2.24, 2.45) is 20.0 Å².